The quantitative estimate of drug-likeness (QED) is 0.359. The minimum atomic E-state index is -4.61. The monoisotopic (exact) mass is 500 g/mol. The van der Waals surface area contributed by atoms with Gasteiger partial charge in [0.05, 0.1) is 29.8 Å². The van der Waals surface area contributed by atoms with Gasteiger partial charge in [0.1, 0.15) is 24.5 Å². The smallest absolute Gasteiger partial charge is 0.435 e. The molecule has 0 radical (unpaired) electrons. The van der Waals surface area contributed by atoms with Crippen LogP contribution in [0.25, 0.3) is 22.7 Å². The lowest BCUT2D eigenvalue weighted by Gasteiger charge is -2.26. The Morgan fingerprint density at radius 2 is 1.94 bits per heavy atom. The topological polar surface area (TPSA) is 87.3 Å². The molecule has 0 spiro atoms. The molecule has 1 aromatic carbocycles. The number of hydrogen-bond donors (Lipinski definition) is 0. The highest BCUT2D eigenvalue weighted by Gasteiger charge is 2.34. The highest BCUT2D eigenvalue weighted by molar-refractivity contribution is 5.97. The van der Waals surface area contributed by atoms with Crippen molar-refractivity contribution in [3.63, 3.8) is 0 Å². The minimum absolute atomic E-state index is 0.000385. The summed E-state index contributed by atoms with van der Waals surface area (Å²) in [5.41, 5.74) is 0.465. The second kappa shape index (κ2) is 9.70. The third-order valence-electron chi connectivity index (χ3n) is 5.88. The van der Waals surface area contributed by atoms with E-state index in [-0.39, 0.29) is 17.2 Å². The van der Waals surface area contributed by atoms with Crippen LogP contribution >= 0.6 is 0 Å². The van der Waals surface area contributed by atoms with Gasteiger partial charge in [-0.1, -0.05) is 0 Å². The maximum Gasteiger partial charge on any atom is 0.435 e. The van der Waals surface area contributed by atoms with Gasteiger partial charge in [-0.05, 0) is 37.3 Å². The van der Waals surface area contributed by atoms with E-state index in [0.717, 1.165) is 55.3 Å². The molecule has 0 aliphatic carbocycles. The molecule has 1 aliphatic heterocycles. The van der Waals surface area contributed by atoms with Crippen LogP contribution in [-0.4, -0.2) is 74.5 Å². The van der Waals surface area contributed by atoms with E-state index in [2.05, 4.69) is 20.0 Å². The van der Waals surface area contributed by atoms with Gasteiger partial charge >= 0.3 is 6.18 Å². The predicted molar refractivity (Wildman–Crippen MR) is 124 cm³/mol. The number of ketones is 1. The largest absolute Gasteiger partial charge is 0.492 e. The van der Waals surface area contributed by atoms with Gasteiger partial charge in [-0.15, -0.1) is 0 Å². The van der Waals surface area contributed by atoms with Crippen molar-refractivity contribution >= 4 is 16.8 Å². The Hall–Kier alpha value is -3.77. The van der Waals surface area contributed by atoms with Crippen LogP contribution in [-0.2, 0) is 10.9 Å². The first kappa shape index (κ1) is 23.9. The molecule has 0 amide bonds. The van der Waals surface area contributed by atoms with Crippen molar-refractivity contribution in [2.75, 3.05) is 39.5 Å². The van der Waals surface area contributed by atoms with Gasteiger partial charge in [0.15, 0.2) is 17.3 Å². The standard InChI is InChI=1S/C24H23F3N6O3/c1-16(34)18-3-5-22(29-23(18)33-7-6-21(30-33)24(25,26)27)32-15-28-19-14-17(2-4-20(19)32)36-13-10-31-8-11-35-12-9-31/h2-7,14-15H,8-13H2,1H3. The zero-order chi connectivity index (χ0) is 25.3. The van der Waals surface area contributed by atoms with Crippen molar-refractivity contribution in [3.05, 3.63) is 60.2 Å². The number of halogens is 3. The van der Waals surface area contributed by atoms with Gasteiger partial charge in [-0.2, -0.15) is 18.3 Å². The summed E-state index contributed by atoms with van der Waals surface area (Å²) in [6, 6.07) is 9.45. The first-order valence-corrected chi connectivity index (χ1v) is 11.4. The van der Waals surface area contributed by atoms with Crippen LogP contribution in [0.4, 0.5) is 13.2 Å². The number of ether oxygens (including phenoxy) is 2. The van der Waals surface area contributed by atoms with Gasteiger partial charge in [0.25, 0.3) is 0 Å². The van der Waals surface area contributed by atoms with Crippen LogP contribution in [0.5, 0.6) is 5.75 Å². The van der Waals surface area contributed by atoms with Gasteiger partial charge in [0.2, 0.25) is 0 Å². The molecule has 0 atom stereocenters. The number of carbonyl (C=O) groups is 1. The van der Waals surface area contributed by atoms with E-state index in [0.29, 0.717) is 23.7 Å². The molecular formula is C24H23F3N6O3. The van der Waals surface area contributed by atoms with Crippen LogP contribution in [0.1, 0.15) is 23.0 Å². The van der Waals surface area contributed by atoms with E-state index in [1.54, 1.807) is 17.0 Å². The Morgan fingerprint density at radius 3 is 2.67 bits per heavy atom. The molecule has 1 saturated heterocycles. The zero-order valence-electron chi connectivity index (χ0n) is 19.4. The summed E-state index contributed by atoms with van der Waals surface area (Å²) >= 11 is 0. The molecule has 36 heavy (non-hydrogen) atoms. The average Bonchev–Trinajstić information content (AvgIpc) is 3.52. The first-order chi connectivity index (χ1) is 17.3. The van der Waals surface area contributed by atoms with E-state index >= 15 is 0 Å². The fraction of sp³-hybridized carbons (Fsp3) is 0.333. The number of Topliss-reactive ketones (excluding diaryl/α,β-unsaturated/α-hetero) is 1. The summed E-state index contributed by atoms with van der Waals surface area (Å²) in [6.45, 7) is 5.90. The summed E-state index contributed by atoms with van der Waals surface area (Å²) in [4.78, 5) is 23.3. The number of fused-ring (bicyclic) bond motifs is 1. The highest BCUT2D eigenvalue weighted by atomic mass is 19.4. The molecule has 12 heteroatoms. The van der Waals surface area contributed by atoms with Gasteiger partial charge in [-0.25, -0.2) is 14.6 Å². The van der Waals surface area contributed by atoms with E-state index in [4.69, 9.17) is 9.47 Å². The molecule has 4 aromatic rings. The molecule has 0 saturated carbocycles. The first-order valence-electron chi connectivity index (χ1n) is 11.4. The van der Waals surface area contributed by atoms with Gasteiger partial charge in [0, 0.05) is 31.9 Å². The Morgan fingerprint density at radius 1 is 1.14 bits per heavy atom. The molecule has 5 rings (SSSR count). The molecule has 0 bridgehead atoms. The number of hydrogen-bond acceptors (Lipinski definition) is 7. The van der Waals surface area contributed by atoms with Crippen molar-refractivity contribution in [2.45, 2.75) is 13.1 Å². The van der Waals surface area contributed by atoms with Crippen LogP contribution in [0.3, 0.4) is 0 Å². The number of nitrogens with zero attached hydrogens (tertiary/aromatic N) is 6. The maximum absolute atomic E-state index is 13.1. The summed E-state index contributed by atoms with van der Waals surface area (Å²) in [5.74, 6) is 0.711. The molecule has 0 unspecified atom stereocenters. The Bertz CT molecular complexity index is 1390. The molecule has 0 N–H and O–H groups in total. The summed E-state index contributed by atoms with van der Waals surface area (Å²) in [5, 5.41) is 3.58. The Balaban J connectivity index is 1.40. The van der Waals surface area contributed by atoms with E-state index in [1.165, 1.54) is 13.0 Å². The van der Waals surface area contributed by atoms with Gasteiger partial charge < -0.3 is 9.47 Å². The number of rotatable bonds is 7. The summed E-state index contributed by atoms with van der Waals surface area (Å²) in [7, 11) is 0. The van der Waals surface area contributed by atoms with Crippen LogP contribution < -0.4 is 4.74 Å². The molecule has 188 valence electrons. The number of pyridine rings is 1. The highest BCUT2D eigenvalue weighted by Crippen LogP contribution is 2.29. The van der Waals surface area contributed by atoms with Gasteiger partial charge in [-0.3, -0.25) is 14.3 Å². The SMILES string of the molecule is CC(=O)c1ccc(-n2cnc3cc(OCCN4CCOCC4)ccc32)nc1-n1ccc(C(F)(F)F)n1. The number of carbonyl (C=O) groups excluding carboxylic acids is 1. The van der Waals surface area contributed by atoms with Crippen molar-refractivity contribution < 1.29 is 27.4 Å². The molecule has 1 aliphatic rings. The summed E-state index contributed by atoms with van der Waals surface area (Å²) < 4.78 is 53.1. The molecule has 3 aromatic heterocycles. The van der Waals surface area contributed by atoms with E-state index < -0.39 is 11.9 Å². The minimum Gasteiger partial charge on any atom is -0.492 e. The van der Waals surface area contributed by atoms with E-state index in [1.807, 2.05) is 18.2 Å². The number of aromatic nitrogens is 5. The van der Waals surface area contributed by atoms with E-state index in [9.17, 15) is 18.0 Å². The third-order valence-corrected chi connectivity index (χ3v) is 5.88. The second-order valence-corrected chi connectivity index (χ2v) is 8.31. The van der Waals surface area contributed by atoms with Crippen LogP contribution in [0, 0.1) is 0 Å². The molecule has 4 heterocycles. The zero-order valence-corrected chi connectivity index (χ0v) is 19.4. The van der Waals surface area contributed by atoms with Crippen molar-refractivity contribution in [1.82, 2.24) is 29.2 Å². The number of imidazole rings is 1. The van der Waals surface area contributed by atoms with Crippen molar-refractivity contribution in [1.29, 1.82) is 0 Å². The lowest BCUT2D eigenvalue weighted by molar-refractivity contribution is -0.141. The number of morpholine rings is 1. The maximum atomic E-state index is 13.1. The van der Waals surface area contributed by atoms with Crippen LogP contribution in [0.2, 0.25) is 0 Å². The molecule has 1 fully saturated rings. The Labute approximate surface area is 204 Å². The third kappa shape index (κ3) is 4.95. The van der Waals surface area contributed by atoms with Crippen molar-refractivity contribution in [3.8, 4) is 17.4 Å². The number of benzene rings is 1. The van der Waals surface area contributed by atoms with Crippen molar-refractivity contribution in [2.24, 2.45) is 0 Å². The fourth-order valence-corrected chi connectivity index (χ4v) is 4.00. The summed E-state index contributed by atoms with van der Waals surface area (Å²) in [6.07, 6.45) is -1.92. The fourth-order valence-electron chi connectivity index (χ4n) is 4.00. The Kier molecular flexibility index (Phi) is 6.46. The predicted octanol–water partition coefficient (Wildman–Crippen LogP) is 3.54. The lowest BCUT2D eigenvalue weighted by atomic mass is 10.2. The molecular weight excluding hydrogens is 477 g/mol. The normalized spacial score (nSPS) is 14.9. The number of alkyl halides is 3. The average molecular weight is 500 g/mol. The molecule has 9 nitrogen and oxygen atoms in total. The van der Waals surface area contributed by atoms with Crippen LogP contribution in [0.15, 0.2) is 48.9 Å². The lowest BCUT2D eigenvalue weighted by Crippen LogP contribution is -2.38. The second-order valence-electron chi connectivity index (χ2n) is 8.31.